The Labute approximate surface area is 164 Å². The first-order valence-electron chi connectivity index (χ1n) is 9.06. The van der Waals surface area contributed by atoms with E-state index in [9.17, 15) is 5.11 Å². The standard InChI is InChI=1S/C22H21ClN2O2/c23-20-7-4-11-24-22(20)27-19-10-12-25(14-19)21-9-8-17(13-18(21)15-26)16-5-2-1-3-6-16/h1-9,11,13,19,26H,10,12,14-15H2/t19-/m0/s1. The van der Waals surface area contributed by atoms with Gasteiger partial charge in [-0.3, -0.25) is 0 Å². The van der Waals surface area contributed by atoms with Gasteiger partial charge >= 0.3 is 0 Å². The molecule has 4 rings (SSSR count). The summed E-state index contributed by atoms with van der Waals surface area (Å²) in [5, 5.41) is 10.4. The van der Waals surface area contributed by atoms with Gasteiger partial charge in [0.2, 0.25) is 5.88 Å². The molecule has 1 aliphatic heterocycles. The number of hydrogen-bond donors (Lipinski definition) is 1. The van der Waals surface area contributed by atoms with E-state index < -0.39 is 0 Å². The smallest absolute Gasteiger partial charge is 0.232 e. The molecule has 0 saturated carbocycles. The SMILES string of the molecule is OCc1cc(-c2ccccc2)ccc1N1CC[C@H](Oc2ncccc2Cl)C1. The minimum Gasteiger partial charge on any atom is -0.471 e. The molecule has 27 heavy (non-hydrogen) atoms. The highest BCUT2D eigenvalue weighted by Gasteiger charge is 2.26. The molecule has 0 aliphatic carbocycles. The minimum atomic E-state index is 0.00407. The van der Waals surface area contributed by atoms with Gasteiger partial charge in [-0.15, -0.1) is 0 Å². The van der Waals surface area contributed by atoms with Crippen molar-refractivity contribution in [3.05, 3.63) is 77.4 Å². The number of ether oxygens (including phenoxy) is 1. The quantitative estimate of drug-likeness (QED) is 0.705. The van der Waals surface area contributed by atoms with Crippen LogP contribution in [0.1, 0.15) is 12.0 Å². The first kappa shape index (κ1) is 17.8. The molecule has 3 aromatic rings. The number of nitrogens with zero attached hydrogens (tertiary/aromatic N) is 2. The van der Waals surface area contributed by atoms with Gasteiger partial charge in [0.25, 0.3) is 0 Å². The van der Waals surface area contributed by atoms with Gasteiger partial charge in [-0.05, 0) is 35.4 Å². The summed E-state index contributed by atoms with van der Waals surface area (Å²) in [5.41, 5.74) is 4.23. The van der Waals surface area contributed by atoms with Crippen LogP contribution in [0.25, 0.3) is 11.1 Å². The van der Waals surface area contributed by atoms with Gasteiger partial charge in [0.15, 0.2) is 0 Å². The van der Waals surface area contributed by atoms with Crippen molar-refractivity contribution in [2.45, 2.75) is 19.1 Å². The van der Waals surface area contributed by atoms with E-state index in [1.807, 2.05) is 18.2 Å². The molecule has 138 valence electrons. The molecule has 0 amide bonds. The maximum absolute atomic E-state index is 9.90. The molecule has 2 heterocycles. The van der Waals surface area contributed by atoms with E-state index in [1.54, 1.807) is 18.3 Å². The molecule has 0 unspecified atom stereocenters. The molecule has 5 heteroatoms. The van der Waals surface area contributed by atoms with Crippen molar-refractivity contribution in [1.82, 2.24) is 4.98 Å². The predicted octanol–water partition coefficient (Wildman–Crippen LogP) is 4.55. The van der Waals surface area contributed by atoms with E-state index in [1.165, 1.54) is 0 Å². The third-order valence-electron chi connectivity index (χ3n) is 4.85. The van der Waals surface area contributed by atoms with Crippen LogP contribution in [0, 0.1) is 0 Å². The number of aromatic nitrogens is 1. The summed E-state index contributed by atoms with van der Waals surface area (Å²) >= 11 is 6.15. The van der Waals surface area contributed by atoms with Gasteiger partial charge in [0, 0.05) is 30.4 Å². The number of benzene rings is 2. The van der Waals surface area contributed by atoms with Crippen LogP contribution in [0.5, 0.6) is 5.88 Å². The molecule has 1 aliphatic rings. The Kier molecular flexibility index (Phi) is 5.28. The fraction of sp³-hybridized carbons (Fsp3) is 0.227. The molecular formula is C22H21ClN2O2. The van der Waals surface area contributed by atoms with E-state index in [0.717, 1.165) is 41.9 Å². The van der Waals surface area contributed by atoms with Crippen molar-refractivity contribution in [2.24, 2.45) is 0 Å². The summed E-state index contributed by atoms with van der Waals surface area (Å²) in [5.74, 6) is 0.479. The highest BCUT2D eigenvalue weighted by molar-refractivity contribution is 6.31. The second-order valence-corrected chi connectivity index (χ2v) is 7.04. The van der Waals surface area contributed by atoms with E-state index >= 15 is 0 Å². The monoisotopic (exact) mass is 380 g/mol. The molecule has 2 aromatic carbocycles. The summed E-state index contributed by atoms with van der Waals surface area (Å²) in [6.45, 7) is 1.61. The number of aliphatic hydroxyl groups is 1. The first-order chi connectivity index (χ1) is 13.2. The lowest BCUT2D eigenvalue weighted by Crippen LogP contribution is -2.25. The summed E-state index contributed by atoms with van der Waals surface area (Å²) < 4.78 is 5.98. The number of rotatable bonds is 5. The van der Waals surface area contributed by atoms with Gasteiger partial charge in [0.05, 0.1) is 13.2 Å². The highest BCUT2D eigenvalue weighted by atomic mass is 35.5. The second kappa shape index (κ2) is 7.99. The third-order valence-corrected chi connectivity index (χ3v) is 5.13. The number of hydrogen-bond acceptors (Lipinski definition) is 4. The molecule has 1 saturated heterocycles. The van der Waals surface area contributed by atoms with Gasteiger partial charge in [0.1, 0.15) is 11.1 Å². The number of anilines is 1. The zero-order valence-corrected chi connectivity index (χ0v) is 15.6. The van der Waals surface area contributed by atoms with Crippen molar-refractivity contribution in [1.29, 1.82) is 0 Å². The van der Waals surface area contributed by atoms with Crippen LogP contribution in [0.4, 0.5) is 5.69 Å². The zero-order chi connectivity index (χ0) is 18.6. The molecule has 0 spiro atoms. The maximum atomic E-state index is 9.90. The Hall–Kier alpha value is -2.56. The molecule has 4 nitrogen and oxygen atoms in total. The van der Waals surface area contributed by atoms with E-state index in [-0.39, 0.29) is 12.7 Å². The van der Waals surface area contributed by atoms with Gasteiger partial charge in [-0.25, -0.2) is 4.98 Å². The highest BCUT2D eigenvalue weighted by Crippen LogP contribution is 2.31. The summed E-state index contributed by atoms with van der Waals surface area (Å²) in [7, 11) is 0. The zero-order valence-electron chi connectivity index (χ0n) is 14.9. The van der Waals surface area contributed by atoms with Gasteiger partial charge < -0.3 is 14.7 Å². The molecule has 0 radical (unpaired) electrons. The topological polar surface area (TPSA) is 45.6 Å². The fourth-order valence-electron chi connectivity index (χ4n) is 3.49. The van der Waals surface area contributed by atoms with Crippen molar-refractivity contribution in [3.63, 3.8) is 0 Å². The minimum absolute atomic E-state index is 0.00407. The van der Waals surface area contributed by atoms with Crippen LogP contribution in [0.2, 0.25) is 5.02 Å². The Bertz CT molecular complexity index is 917. The molecular weight excluding hydrogens is 360 g/mol. The van der Waals surface area contributed by atoms with Gasteiger partial charge in [-0.2, -0.15) is 0 Å². The summed E-state index contributed by atoms with van der Waals surface area (Å²) in [4.78, 5) is 6.46. The van der Waals surface area contributed by atoms with Crippen LogP contribution in [0.15, 0.2) is 66.9 Å². The Morgan fingerprint density at radius 3 is 2.70 bits per heavy atom. The summed E-state index contributed by atoms with van der Waals surface area (Å²) in [6.07, 6.45) is 2.59. The van der Waals surface area contributed by atoms with Crippen molar-refractivity contribution in [2.75, 3.05) is 18.0 Å². The predicted molar refractivity (Wildman–Crippen MR) is 108 cm³/mol. The largest absolute Gasteiger partial charge is 0.471 e. The number of halogens is 1. The van der Waals surface area contributed by atoms with Crippen molar-refractivity contribution >= 4 is 17.3 Å². The third kappa shape index (κ3) is 3.92. The molecule has 0 bridgehead atoms. The Morgan fingerprint density at radius 2 is 1.93 bits per heavy atom. The van der Waals surface area contributed by atoms with E-state index in [4.69, 9.17) is 16.3 Å². The Balaban J connectivity index is 1.51. The Morgan fingerprint density at radius 1 is 1.07 bits per heavy atom. The van der Waals surface area contributed by atoms with Crippen LogP contribution in [-0.2, 0) is 6.61 Å². The lowest BCUT2D eigenvalue weighted by Gasteiger charge is -2.22. The van der Waals surface area contributed by atoms with E-state index in [2.05, 4.69) is 40.2 Å². The van der Waals surface area contributed by atoms with Crippen LogP contribution in [0.3, 0.4) is 0 Å². The maximum Gasteiger partial charge on any atom is 0.232 e. The van der Waals surface area contributed by atoms with Crippen LogP contribution < -0.4 is 9.64 Å². The lowest BCUT2D eigenvalue weighted by atomic mass is 10.0. The average Bonchev–Trinajstić information content (AvgIpc) is 3.18. The lowest BCUT2D eigenvalue weighted by molar-refractivity contribution is 0.216. The first-order valence-corrected chi connectivity index (χ1v) is 9.43. The average molecular weight is 381 g/mol. The van der Waals surface area contributed by atoms with E-state index in [0.29, 0.717) is 10.9 Å². The fourth-order valence-corrected chi connectivity index (χ4v) is 3.66. The molecule has 1 fully saturated rings. The second-order valence-electron chi connectivity index (χ2n) is 6.63. The molecule has 1 aromatic heterocycles. The normalized spacial score (nSPS) is 16.5. The van der Waals surface area contributed by atoms with Crippen molar-refractivity contribution in [3.8, 4) is 17.0 Å². The van der Waals surface area contributed by atoms with Crippen LogP contribution in [-0.4, -0.2) is 29.3 Å². The van der Waals surface area contributed by atoms with Crippen LogP contribution >= 0.6 is 11.6 Å². The molecule has 1 N–H and O–H groups in total. The summed E-state index contributed by atoms with van der Waals surface area (Å²) in [6, 6.07) is 20.0. The molecule has 1 atom stereocenters. The van der Waals surface area contributed by atoms with Crippen molar-refractivity contribution < 1.29 is 9.84 Å². The number of pyridine rings is 1. The number of aliphatic hydroxyl groups excluding tert-OH is 1. The van der Waals surface area contributed by atoms with Gasteiger partial charge in [-0.1, -0.05) is 48.0 Å².